The van der Waals surface area contributed by atoms with Gasteiger partial charge in [-0.15, -0.1) is 0 Å². The maximum absolute atomic E-state index is 13.5. The quantitative estimate of drug-likeness (QED) is 0.310. The molecule has 0 spiro atoms. The minimum Gasteiger partial charge on any atom is -0.463 e. The molecule has 1 aromatic rings. The number of rotatable bonds is 8. The second-order valence-corrected chi connectivity index (χ2v) is 11.2. The number of sulfone groups is 1. The standard InChI is InChI=1S/C20H25NO13S2/c1-10(22)30-9-16-17(31-11(2)23)18(32-12(3)24)19(33-13(4)25)20(34-16)35(26,27)14-5-7-15(8-6-14)36(21,28)29/h5-8,16-20H,9H2,1-4H3,(H2,21,28,29)/t16-,17+,18+,19-,20+/m1/s1. The highest BCUT2D eigenvalue weighted by molar-refractivity contribution is 7.92. The number of carbonyl (C=O) groups is 4. The topological polar surface area (TPSA) is 209 Å². The van der Waals surface area contributed by atoms with E-state index in [9.17, 15) is 36.0 Å². The Kier molecular flexibility index (Phi) is 9.17. The molecule has 0 radical (unpaired) electrons. The van der Waals surface area contributed by atoms with Crippen LogP contribution in [0.4, 0.5) is 0 Å². The average Bonchev–Trinajstić information content (AvgIpc) is 2.73. The molecule has 0 aliphatic carbocycles. The molecule has 0 bridgehead atoms. The molecule has 1 fully saturated rings. The second kappa shape index (κ2) is 11.3. The fourth-order valence-corrected chi connectivity index (χ4v) is 5.54. The maximum atomic E-state index is 13.5. The number of sulfonamides is 1. The summed E-state index contributed by atoms with van der Waals surface area (Å²) >= 11 is 0. The summed E-state index contributed by atoms with van der Waals surface area (Å²) in [5.74, 6) is -3.57. The van der Waals surface area contributed by atoms with Gasteiger partial charge in [-0.2, -0.15) is 0 Å². The van der Waals surface area contributed by atoms with Gasteiger partial charge in [0, 0.05) is 27.7 Å². The number of hydrogen-bond donors (Lipinski definition) is 1. The van der Waals surface area contributed by atoms with Gasteiger partial charge in [0.25, 0.3) is 0 Å². The number of primary sulfonamides is 1. The van der Waals surface area contributed by atoms with E-state index in [1.165, 1.54) is 0 Å². The summed E-state index contributed by atoms with van der Waals surface area (Å²) in [7, 11) is -8.75. The molecule has 1 aliphatic heterocycles. The molecule has 14 nitrogen and oxygen atoms in total. The molecule has 2 N–H and O–H groups in total. The summed E-state index contributed by atoms with van der Waals surface area (Å²) in [6, 6.07) is 3.74. The van der Waals surface area contributed by atoms with E-state index in [4.69, 9.17) is 28.8 Å². The van der Waals surface area contributed by atoms with Gasteiger partial charge in [0.2, 0.25) is 25.3 Å². The van der Waals surface area contributed by atoms with Crippen LogP contribution in [0.1, 0.15) is 27.7 Å². The molecule has 2 rings (SSSR count). The predicted molar refractivity (Wildman–Crippen MR) is 117 cm³/mol. The molecule has 36 heavy (non-hydrogen) atoms. The summed E-state index contributed by atoms with van der Waals surface area (Å²) in [4.78, 5) is 46.0. The van der Waals surface area contributed by atoms with Crippen LogP contribution in [0.5, 0.6) is 0 Å². The molecule has 1 heterocycles. The lowest BCUT2D eigenvalue weighted by atomic mass is 9.99. The first-order valence-electron chi connectivity index (χ1n) is 10.2. The summed E-state index contributed by atoms with van der Waals surface area (Å²) in [6.07, 6.45) is -6.54. The highest BCUT2D eigenvalue weighted by Crippen LogP contribution is 2.34. The summed E-state index contributed by atoms with van der Waals surface area (Å²) in [6.45, 7) is 3.41. The fraction of sp³-hybridized carbons (Fsp3) is 0.500. The van der Waals surface area contributed by atoms with E-state index < -0.39 is 85.1 Å². The van der Waals surface area contributed by atoms with Crippen LogP contribution in [-0.4, -0.2) is 77.2 Å². The van der Waals surface area contributed by atoms with Gasteiger partial charge in [-0.1, -0.05) is 0 Å². The van der Waals surface area contributed by atoms with E-state index in [1.54, 1.807) is 0 Å². The minimum absolute atomic E-state index is 0.372. The molecule has 1 aliphatic rings. The Morgan fingerprint density at radius 2 is 1.19 bits per heavy atom. The van der Waals surface area contributed by atoms with E-state index in [0.29, 0.717) is 0 Å². The van der Waals surface area contributed by atoms with Crippen LogP contribution in [-0.2, 0) is 62.7 Å². The molecule has 0 saturated carbocycles. The molecule has 1 saturated heterocycles. The van der Waals surface area contributed by atoms with Gasteiger partial charge < -0.3 is 23.7 Å². The van der Waals surface area contributed by atoms with E-state index in [-0.39, 0.29) is 4.90 Å². The highest BCUT2D eigenvalue weighted by Gasteiger charge is 2.56. The Morgan fingerprint density at radius 1 is 0.750 bits per heavy atom. The summed E-state index contributed by atoms with van der Waals surface area (Å²) < 4.78 is 76.2. The average molecular weight is 552 g/mol. The number of nitrogens with two attached hydrogens (primary N) is 1. The first-order valence-corrected chi connectivity index (χ1v) is 13.3. The van der Waals surface area contributed by atoms with Crippen molar-refractivity contribution in [3.63, 3.8) is 0 Å². The number of carbonyl (C=O) groups excluding carboxylic acids is 4. The van der Waals surface area contributed by atoms with Crippen molar-refractivity contribution in [2.45, 2.75) is 67.3 Å². The predicted octanol–water partition coefficient (Wildman–Crippen LogP) is -0.809. The van der Waals surface area contributed by atoms with Gasteiger partial charge in [-0.3, -0.25) is 19.2 Å². The van der Waals surface area contributed by atoms with E-state index in [0.717, 1.165) is 52.0 Å². The first kappa shape index (κ1) is 29.2. The van der Waals surface area contributed by atoms with Gasteiger partial charge in [0.15, 0.2) is 18.3 Å². The van der Waals surface area contributed by atoms with Gasteiger partial charge in [-0.05, 0) is 24.3 Å². The zero-order valence-electron chi connectivity index (χ0n) is 19.6. The first-order chi connectivity index (χ1) is 16.5. The van der Waals surface area contributed by atoms with Crippen molar-refractivity contribution in [1.82, 2.24) is 0 Å². The van der Waals surface area contributed by atoms with E-state index in [2.05, 4.69) is 0 Å². The van der Waals surface area contributed by atoms with Crippen LogP contribution in [0.2, 0.25) is 0 Å². The van der Waals surface area contributed by atoms with E-state index >= 15 is 0 Å². The Labute approximate surface area is 206 Å². The molecular formula is C20H25NO13S2. The van der Waals surface area contributed by atoms with Crippen LogP contribution >= 0.6 is 0 Å². The van der Waals surface area contributed by atoms with Crippen LogP contribution < -0.4 is 5.14 Å². The van der Waals surface area contributed by atoms with Crippen molar-refractivity contribution >= 4 is 43.7 Å². The smallest absolute Gasteiger partial charge is 0.303 e. The number of benzene rings is 1. The molecule has 200 valence electrons. The van der Waals surface area contributed by atoms with Crippen molar-refractivity contribution in [2.75, 3.05) is 6.61 Å². The Bertz CT molecular complexity index is 1220. The van der Waals surface area contributed by atoms with Gasteiger partial charge in [0.05, 0.1) is 9.79 Å². The Balaban J connectivity index is 2.65. The SMILES string of the molecule is CC(=O)OC[C@H]1O[C@@H](S(=O)(=O)c2ccc(S(N)(=O)=O)cc2)[C@H](OC(C)=O)[C@@H](OC(C)=O)[C@H]1OC(C)=O. The van der Waals surface area contributed by atoms with E-state index in [1.807, 2.05) is 0 Å². The van der Waals surface area contributed by atoms with Crippen molar-refractivity contribution in [2.24, 2.45) is 5.14 Å². The number of hydrogen-bond acceptors (Lipinski definition) is 13. The third-order valence-corrected chi connectivity index (χ3v) is 7.58. The minimum atomic E-state index is -4.62. The second-order valence-electron chi connectivity index (χ2n) is 7.63. The molecule has 0 amide bonds. The summed E-state index contributed by atoms with van der Waals surface area (Å²) in [5.41, 5.74) is -2.06. The fourth-order valence-electron chi connectivity index (χ4n) is 3.39. The third kappa shape index (κ3) is 7.22. The summed E-state index contributed by atoms with van der Waals surface area (Å²) in [5, 5.41) is 5.04. The van der Waals surface area contributed by atoms with Crippen molar-refractivity contribution in [3.05, 3.63) is 24.3 Å². The lowest BCUT2D eigenvalue weighted by Crippen LogP contribution is -2.64. The number of esters is 4. The highest BCUT2D eigenvalue weighted by atomic mass is 32.2. The number of ether oxygens (including phenoxy) is 5. The molecular weight excluding hydrogens is 526 g/mol. The normalized spacial score (nSPS) is 24.3. The molecule has 0 aromatic heterocycles. The zero-order chi connectivity index (χ0) is 27.4. The lowest BCUT2D eigenvalue weighted by Gasteiger charge is -2.43. The third-order valence-electron chi connectivity index (χ3n) is 4.73. The monoisotopic (exact) mass is 551 g/mol. The van der Waals surface area contributed by atoms with Gasteiger partial charge >= 0.3 is 23.9 Å². The Hall–Kier alpha value is -3.08. The zero-order valence-corrected chi connectivity index (χ0v) is 21.2. The molecule has 5 atom stereocenters. The van der Waals surface area contributed by atoms with Gasteiger partial charge in [0.1, 0.15) is 12.7 Å². The van der Waals surface area contributed by atoms with Crippen molar-refractivity contribution in [1.29, 1.82) is 0 Å². The lowest BCUT2D eigenvalue weighted by molar-refractivity contribution is -0.238. The van der Waals surface area contributed by atoms with Crippen LogP contribution in [0.15, 0.2) is 34.1 Å². The van der Waals surface area contributed by atoms with Crippen molar-refractivity contribution < 1.29 is 59.7 Å². The molecule has 1 aromatic carbocycles. The maximum Gasteiger partial charge on any atom is 0.303 e. The van der Waals surface area contributed by atoms with Gasteiger partial charge in [-0.25, -0.2) is 22.0 Å². The van der Waals surface area contributed by atoms with Crippen LogP contribution in [0.25, 0.3) is 0 Å². The van der Waals surface area contributed by atoms with Crippen molar-refractivity contribution in [3.8, 4) is 0 Å². The molecule has 0 unspecified atom stereocenters. The largest absolute Gasteiger partial charge is 0.463 e. The molecule has 16 heteroatoms. The van der Waals surface area contributed by atoms with Crippen LogP contribution in [0.3, 0.4) is 0 Å². The van der Waals surface area contributed by atoms with Crippen LogP contribution in [0, 0.1) is 0 Å². The Morgan fingerprint density at radius 3 is 1.64 bits per heavy atom.